The quantitative estimate of drug-likeness (QED) is 0.569. The molecule has 1 aliphatic heterocycles. The largest absolute Gasteiger partial charge is 0.295 e. The Kier molecular flexibility index (Phi) is 3.05. The van der Waals surface area contributed by atoms with E-state index in [1.807, 2.05) is 13.0 Å². The molecule has 0 atom stereocenters. The lowest BCUT2D eigenvalue weighted by molar-refractivity contribution is -0.384. The molecule has 1 aliphatic rings. The molecule has 0 saturated carbocycles. The third-order valence-corrected chi connectivity index (χ3v) is 2.60. The number of anilines is 1. The molecule has 86 valence electrons. The van der Waals surface area contributed by atoms with Gasteiger partial charge in [-0.25, -0.2) is 5.06 Å². The molecule has 5 nitrogen and oxygen atoms in total. The van der Waals surface area contributed by atoms with Gasteiger partial charge < -0.3 is 0 Å². The Morgan fingerprint density at radius 1 is 1.44 bits per heavy atom. The van der Waals surface area contributed by atoms with Gasteiger partial charge in [-0.15, -0.1) is 0 Å². The Hall–Kier alpha value is -1.62. The fourth-order valence-corrected chi connectivity index (χ4v) is 1.78. The maximum absolute atomic E-state index is 10.9. The number of rotatable bonds is 2. The van der Waals surface area contributed by atoms with Gasteiger partial charge in [0.05, 0.1) is 11.5 Å². The van der Waals surface area contributed by atoms with Gasteiger partial charge in [-0.2, -0.15) is 0 Å². The summed E-state index contributed by atoms with van der Waals surface area (Å²) in [5.41, 5.74) is 1.55. The Morgan fingerprint density at radius 3 is 2.88 bits per heavy atom. The van der Waals surface area contributed by atoms with Crippen LogP contribution in [0.15, 0.2) is 18.2 Å². The van der Waals surface area contributed by atoms with Gasteiger partial charge in [0.25, 0.3) is 5.69 Å². The molecule has 0 spiro atoms. The number of nitro benzene ring substituents is 1. The van der Waals surface area contributed by atoms with Gasteiger partial charge in [-0.3, -0.25) is 15.0 Å². The van der Waals surface area contributed by atoms with Crippen LogP contribution in [0.1, 0.15) is 18.4 Å². The molecule has 0 amide bonds. The lowest BCUT2D eigenvalue weighted by Gasteiger charge is -2.27. The average molecular weight is 222 g/mol. The van der Waals surface area contributed by atoms with Gasteiger partial charge in [0, 0.05) is 12.6 Å². The van der Waals surface area contributed by atoms with Crippen molar-refractivity contribution in [3.63, 3.8) is 0 Å². The second-order valence-corrected chi connectivity index (χ2v) is 3.89. The second-order valence-electron chi connectivity index (χ2n) is 3.89. The monoisotopic (exact) mass is 222 g/mol. The molecule has 1 saturated heterocycles. The molecule has 1 heterocycles. The van der Waals surface area contributed by atoms with E-state index < -0.39 is 0 Å². The number of nitrogens with zero attached hydrogens (tertiary/aromatic N) is 2. The molecule has 0 bridgehead atoms. The van der Waals surface area contributed by atoms with Crippen molar-refractivity contribution in [1.82, 2.24) is 0 Å². The van der Waals surface area contributed by atoms with Crippen LogP contribution in [-0.4, -0.2) is 18.1 Å². The number of hydroxylamine groups is 1. The molecule has 0 radical (unpaired) electrons. The molecular formula is C11H14N2O3. The summed E-state index contributed by atoms with van der Waals surface area (Å²) in [6.45, 7) is 3.18. The average Bonchev–Trinajstić information content (AvgIpc) is 2.30. The number of aryl methyl sites for hydroxylation is 1. The van der Waals surface area contributed by atoms with E-state index in [0.29, 0.717) is 18.8 Å². The molecule has 2 rings (SSSR count). The Bertz CT molecular complexity index is 400. The van der Waals surface area contributed by atoms with E-state index in [9.17, 15) is 10.1 Å². The van der Waals surface area contributed by atoms with Crippen molar-refractivity contribution in [3.8, 4) is 0 Å². The van der Waals surface area contributed by atoms with Crippen molar-refractivity contribution in [2.75, 3.05) is 18.2 Å². The Morgan fingerprint density at radius 2 is 2.25 bits per heavy atom. The summed E-state index contributed by atoms with van der Waals surface area (Å²) in [4.78, 5) is 16.0. The maximum Gasteiger partial charge on any atom is 0.295 e. The predicted molar refractivity (Wildman–Crippen MR) is 60.4 cm³/mol. The summed E-state index contributed by atoms with van der Waals surface area (Å²) in [5.74, 6) is 0. The van der Waals surface area contributed by atoms with Crippen LogP contribution in [0.5, 0.6) is 0 Å². The lowest BCUT2D eigenvalue weighted by atomic mass is 10.2. The van der Waals surface area contributed by atoms with Crippen LogP contribution in [0.2, 0.25) is 0 Å². The van der Waals surface area contributed by atoms with E-state index in [0.717, 1.165) is 18.4 Å². The van der Waals surface area contributed by atoms with E-state index in [4.69, 9.17) is 4.84 Å². The molecule has 0 N–H and O–H groups in total. The van der Waals surface area contributed by atoms with E-state index in [-0.39, 0.29) is 10.6 Å². The zero-order chi connectivity index (χ0) is 11.5. The SMILES string of the molecule is Cc1ccc(N2CCCCO2)c([N+](=O)[O-])c1. The number of hydrogen-bond acceptors (Lipinski definition) is 4. The van der Waals surface area contributed by atoms with E-state index in [2.05, 4.69) is 0 Å². The van der Waals surface area contributed by atoms with Crippen LogP contribution in [0.25, 0.3) is 0 Å². The third-order valence-electron chi connectivity index (χ3n) is 2.60. The van der Waals surface area contributed by atoms with Gasteiger partial charge in [-0.1, -0.05) is 6.07 Å². The zero-order valence-electron chi connectivity index (χ0n) is 9.18. The highest BCUT2D eigenvalue weighted by Gasteiger charge is 2.21. The van der Waals surface area contributed by atoms with Crippen LogP contribution in [0.4, 0.5) is 11.4 Å². The van der Waals surface area contributed by atoms with Crippen LogP contribution >= 0.6 is 0 Å². The first kappa shape index (κ1) is 10.9. The Labute approximate surface area is 93.7 Å². The van der Waals surface area contributed by atoms with Crippen molar-refractivity contribution < 1.29 is 9.76 Å². The van der Waals surface area contributed by atoms with Gasteiger partial charge in [0.15, 0.2) is 0 Å². The summed E-state index contributed by atoms with van der Waals surface area (Å²) < 4.78 is 0. The minimum Gasteiger partial charge on any atom is -0.273 e. The van der Waals surface area contributed by atoms with Crippen molar-refractivity contribution in [1.29, 1.82) is 0 Å². The molecule has 5 heteroatoms. The maximum atomic E-state index is 10.9. The highest BCUT2D eigenvalue weighted by Crippen LogP contribution is 2.30. The van der Waals surface area contributed by atoms with Gasteiger partial charge >= 0.3 is 0 Å². The number of benzene rings is 1. The molecule has 1 aromatic carbocycles. The van der Waals surface area contributed by atoms with Crippen molar-refractivity contribution in [2.45, 2.75) is 19.8 Å². The summed E-state index contributed by atoms with van der Waals surface area (Å²) in [6.07, 6.45) is 2.02. The normalized spacial score (nSPS) is 16.2. The van der Waals surface area contributed by atoms with Gasteiger partial charge in [0.1, 0.15) is 5.69 Å². The van der Waals surface area contributed by atoms with Gasteiger partial charge in [-0.05, 0) is 31.4 Å². The minimum absolute atomic E-state index is 0.113. The first-order valence-electron chi connectivity index (χ1n) is 5.34. The molecule has 0 unspecified atom stereocenters. The molecule has 16 heavy (non-hydrogen) atoms. The summed E-state index contributed by atoms with van der Waals surface area (Å²) in [6, 6.07) is 5.19. The zero-order valence-corrected chi connectivity index (χ0v) is 9.18. The van der Waals surface area contributed by atoms with Crippen LogP contribution in [0.3, 0.4) is 0 Å². The van der Waals surface area contributed by atoms with Crippen molar-refractivity contribution in [3.05, 3.63) is 33.9 Å². The van der Waals surface area contributed by atoms with Crippen LogP contribution in [0, 0.1) is 17.0 Å². The highest BCUT2D eigenvalue weighted by atomic mass is 16.7. The van der Waals surface area contributed by atoms with E-state index >= 15 is 0 Å². The number of nitro groups is 1. The van der Waals surface area contributed by atoms with E-state index in [1.54, 1.807) is 17.2 Å². The molecule has 1 aromatic rings. The van der Waals surface area contributed by atoms with Gasteiger partial charge in [0.2, 0.25) is 0 Å². The van der Waals surface area contributed by atoms with E-state index in [1.165, 1.54) is 0 Å². The minimum atomic E-state index is -0.361. The fourth-order valence-electron chi connectivity index (χ4n) is 1.78. The Balaban J connectivity index is 2.34. The molecule has 1 fully saturated rings. The number of hydrogen-bond donors (Lipinski definition) is 0. The molecule has 0 aromatic heterocycles. The summed E-state index contributed by atoms with van der Waals surface area (Å²) in [5, 5.41) is 12.6. The van der Waals surface area contributed by atoms with Crippen LogP contribution in [-0.2, 0) is 4.84 Å². The fraction of sp³-hybridized carbons (Fsp3) is 0.455. The molecule has 0 aliphatic carbocycles. The summed E-state index contributed by atoms with van der Waals surface area (Å²) >= 11 is 0. The third kappa shape index (κ3) is 2.14. The van der Waals surface area contributed by atoms with Crippen molar-refractivity contribution >= 4 is 11.4 Å². The smallest absolute Gasteiger partial charge is 0.273 e. The lowest BCUT2D eigenvalue weighted by Crippen LogP contribution is -2.30. The highest BCUT2D eigenvalue weighted by molar-refractivity contribution is 5.63. The topological polar surface area (TPSA) is 55.6 Å². The molecular weight excluding hydrogens is 208 g/mol. The second kappa shape index (κ2) is 4.49. The first-order valence-corrected chi connectivity index (χ1v) is 5.34. The standard InChI is InChI=1S/C11H14N2O3/c1-9-4-5-10(11(8-9)13(14)15)12-6-2-3-7-16-12/h4-5,8H,2-3,6-7H2,1H3. The first-order chi connectivity index (χ1) is 7.68. The predicted octanol–water partition coefficient (Wildman–Crippen LogP) is 2.44. The van der Waals surface area contributed by atoms with Crippen LogP contribution < -0.4 is 5.06 Å². The van der Waals surface area contributed by atoms with Crippen molar-refractivity contribution in [2.24, 2.45) is 0 Å². The summed E-state index contributed by atoms with van der Waals surface area (Å²) in [7, 11) is 0.